The molecule has 0 saturated heterocycles. The van der Waals surface area contributed by atoms with Crippen molar-refractivity contribution >= 4 is 28.0 Å². The molecule has 148 valence electrons. The number of amidine groups is 1. The molecule has 3 aliphatic heterocycles. The molecular formula is C16H15F2N5O4S. The lowest BCUT2D eigenvalue weighted by Crippen LogP contribution is -2.40. The van der Waals surface area contributed by atoms with Gasteiger partial charge >= 0.3 is 6.02 Å². The third kappa shape index (κ3) is 3.14. The highest BCUT2D eigenvalue weighted by atomic mass is 32.2. The van der Waals surface area contributed by atoms with Crippen molar-refractivity contribution in [3.8, 4) is 0 Å². The predicted octanol–water partition coefficient (Wildman–Crippen LogP) is 0.524. The minimum atomic E-state index is -4.23. The number of methoxy groups -OCH3 is 1. The molecule has 0 saturated carbocycles. The monoisotopic (exact) mass is 411 g/mol. The molecule has 3 heterocycles. The number of nitrogens with zero attached hydrogens (tertiary/aromatic N) is 4. The van der Waals surface area contributed by atoms with Crippen LogP contribution in [-0.2, 0) is 26.0 Å². The molecule has 0 bridgehead atoms. The summed E-state index contributed by atoms with van der Waals surface area (Å²) < 4.78 is 62.3. The Labute approximate surface area is 158 Å². The van der Waals surface area contributed by atoms with E-state index in [9.17, 15) is 17.2 Å². The molecule has 0 amide bonds. The van der Waals surface area contributed by atoms with Crippen molar-refractivity contribution in [2.24, 2.45) is 20.1 Å². The third-order valence-electron chi connectivity index (χ3n) is 4.41. The van der Waals surface area contributed by atoms with E-state index in [4.69, 9.17) is 14.6 Å². The standard InChI is InChI=1S/C16H15F2N5O4S/c1-26-16-21-13-14-12(6-20-15(13)22-16)27-3-2-23(14)7-9-10(17)4-8(5-11(9)18)28(19,24)25/h4-6,15H,2-3,7H2,1H3,(H2,19,24,25). The number of ether oxygens (including phenoxy) is 2. The largest absolute Gasteiger partial charge is 0.488 e. The van der Waals surface area contributed by atoms with E-state index < -0.39 is 32.7 Å². The molecule has 1 aromatic rings. The summed E-state index contributed by atoms with van der Waals surface area (Å²) in [6.45, 7) is 0.433. The number of fused-ring (bicyclic) bond motifs is 2. The van der Waals surface area contributed by atoms with E-state index in [1.165, 1.54) is 13.3 Å². The maximum atomic E-state index is 14.5. The zero-order valence-electron chi connectivity index (χ0n) is 14.6. The van der Waals surface area contributed by atoms with Gasteiger partial charge < -0.3 is 14.4 Å². The number of sulfonamides is 1. The fourth-order valence-electron chi connectivity index (χ4n) is 3.10. The predicted molar refractivity (Wildman–Crippen MR) is 95.3 cm³/mol. The van der Waals surface area contributed by atoms with E-state index in [0.717, 1.165) is 0 Å². The third-order valence-corrected chi connectivity index (χ3v) is 5.30. The molecule has 4 rings (SSSR count). The molecule has 3 aliphatic rings. The van der Waals surface area contributed by atoms with Gasteiger partial charge in [-0.3, -0.25) is 4.99 Å². The minimum absolute atomic E-state index is 0.145. The van der Waals surface area contributed by atoms with Crippen LogP contribution in [0.3, 0.4) is 0 Å². The lowest BCUT2D eigenvalue weighted by atomic mass is 10.1. The van der Waals surface area contributed by atoms with Crippen LogP contribution in [0.25, 0.3) is 0 Å². The van der Waals surface area contributed by atoms with Crippen molar-refractivity contribution in [2.45, 2.75) is 17.6 Å². The van der Waals surface area contributed by atoms with Gasteiger partial charge in [0, 0.05) is 12.1 Å². The van der Waals surface area contributed by atoms with E-state index in [1.54, 1.807) is 4.90 Å². The number of rotatable bonds is 3. The van der Waals surface area contributed by atoms with Crippen LogP contribution in [0.1, 0.15) is 5.56 Å². The Balaban J connectivity index is 1.70. The quantitative estimate of drug-likeness (QED) is 0.778. The zero-order chi connectivity index (χ0) is 20.1. The van der Waals surface area contributed by atoms with Gasteiger partial charge in [0.2, 0.25) is 10.0 Å². The van der Waals surface area contributed by atoms with Crippen molar-refractivity contribution in [1.82, 2.24) is 4.90 Å². The summed E-state index contributed by atoms with van der Waals surface area (Å²) in [5.41, 5.74) is 0.666. The van der Waals surface area contributed by atoms with Gasteiger partial charge in [-0.05, 0) is 12.1 Å². The Morgan fingerprint density at radius 1 is 1.36 bits per heavy atom. The van der Waals surface area contributed by atoms with Gasteiger partial charge in [-0.1, -0.05) is 0 Å². The van der Waals surface area contributed by atoms with Crippen LogP contribution in [0.4, 0.5) is 8.78 Å². The number of nitrogens with two attached hydrogens (primary N) is 1. The maximum absolute atomic E-state index is 14.5. The number of allylic oxidation sites excluding steroid dienone is 1. The van der Waals surface area contributed by atoms with Crippen LogP contribution in [0.15, 0.2) is 43.5 Å². The van der Waals surface area contributed by atoms with Crippen LogP contribution in [0, 0.1) is 11.6 Å². The first-order valence-corrected chi connectivity index (χ1v) is 9.69. The second-order valence-corrected chi connectivity index (χ2v) is 7.72. The van der Waals surface area contributed by atoms with Crippen molar-refractivity contribution in [3.05, 3.63) is 40.8 Å². The van der Waals surface area contributed by atoms with Crippen LogP contribution in [0.2, 0.25) is 0 Å². The normalized spacial score (nSPS) is 21.0. The Hall–Kier alpha value is -2.86. The molecule has 0 radical (unpaired) electrons. The second kappa shape index (κ2) is 6.63. The van der Waals surface area contributed by atoms with Gasteiger partial charge in [0.05, 0.1) is 24.8 Å². The lowest BCUT2D eigenvalue weighted by Gasteiger charge is -2.35. The van der Waals surface area contributed by atoms with E-state index in [-0.39, 0.29) is 24.7 Å². The van der Waals surface area contributed by atoms with Crippen LogP contribution in [-0.4, -0.2) is 57.7 Å². The lowest BCUT2D eigenvalue weighted by molar-refractivity contribution is 0.145. The number of hydrogen-bond acceptors (Lipinski definition) is 8. The molecule has 1 unspecified atom stereocenters. The molecule has 9 nitrogen and oxygen atoms in total. The molecule has 28 heavy (non-hydrogen) atoms. The number of halogens is 2. The Morgan fingerprint density at radius 2 is 2.07 bits per heavy atom. The van der Waals surface area contributed by atoms with Gasteiger partial charge in [-0.25, -0.2) is 22.3 Å². The van der Waals surface area contributed by atoms with E-state index in [1.807, 2.05) is 0 Å². The van der Waals surface area contributed by atoms with Gasteiger partial charge in [-0.15, -0.1) is 0 Å². The Morgan fingerprint density at radius 3 is 2.71 bits per heavy atom. The first-order chi connectivity index (χ1) is 13.3. The van der Waals surface area contributed by atoms with Crippen molar-refractivity contribution in [1.29, 1.82) is 0 Å². The fourth-order valence-corrected chi connectivity index (χ4v) is 3.64. The molecule has 12 heteroatoms. The van der Waals surface area contributed by atoms with E-state index in [0.29, 0.717) is 35.8 Å². The van der Waals surface area contributed by atoms with Crippen molar-refractivity contribution in [2.75, 3.05) is 20.3 Å². The average molecular weight is 411 g/mol. The van der Waals surface area contributed by atoms with Crippen molar-refractivity contribution in [3.63, 3.8) is 0 Å². The van der Waals surface area contributed by atoms with E-state index in [2.05, 4.69) is 15.0 Å². The minimum Gasteiger partial charge on any atom is -0.488 e. The topological polar surface area (TPSA) is 119 Å². The van der Waals surface area contributed by atoms with Gasteiger partial charge in [0.1, 0.15) is 29.7 Å². The summed E-state index contributed by atoms with van der Waals surface area (Å²) >= 11 is 0. The molecule has 2 N–H and O–H groups in total. The zero-order valence-corrected chi connectivity index (χ0v) is 15.4. The summed E-state index contributed by atoms with van der Waals surface area (Å²) in [6, 6.07) is 1.55. The molecular weight excluding hydrogens is 396 g/mol. The van der Waals surface area contributed by atoms with E-state index >= 15 is 0 Å². The molecule has 0 fully saturated rings. The van der Waals surface area contributed by atoms with Gasteiger partial charge in [0.25, 0.3) is 0 Å². The van der Waals surface area contributed by atoms with Crippen LogP contribution >= 0.6 is 0 Å². The van der Waals surface area contributed by atoms with Crippen LogP contribution in [0.5, 0.6) is 0 Å². The Kier molecular flexibility index (Phi) is 4.38. The average Bonchev–Trinajstić information content (AvgIpc) is 3.07. The van der Waals surface area contributed by atoms with Gasteiger partial charge in [0.15, 0.2) is 11.9 Å². The number of aliphatic imine (C=N–C) groups is 3. The smallest absolute Gasteiger partial charge is 0.314 e. The Bertz CT molecular complexity index is 1060. The SMILES string of the molecule is COC1=NC2N=CC3=C(C2=N1)N(Cc1c(F)cc(S(N)(=O)=O)cc1F)CCO3. The fraction of sp³-hybridized carbons (Fsp3) is 0.312. The second-order valence-electron chi connectivity index (χ2n) is 6.16. The summed E-state index contributed by atoms with van der Waals surface area (Å²) in [5.74, 6) is -1.61. The molecule has 0 aliphatic carbocycles. The summed E-state index contributed by atoms with van der Waals surface area (Å²) in [6.07, 6.45) is 0.877. The molecule has 1 atom stereocenters. The summed E-state index contributed by atoms with van der Waals surface area (Å²) in [4.78, 5) is 13.7. The van der Waals surface area contributed by atoms with Crippen LogP contribution < -0.4 is 5.14 Å². The highest BCUT2D eigenvalue weighted by Crippen LogP contribution is 2.30. The molecule has 0 spiro atoms. The summed E-state index contributed by atoms with van der Waals surface area (Å²) in [7, 11) is -2.80. The number of hydrogen-bond donors (Lipinski definition) is 1. The molecule has 0 aromatic heterocycles. The van der Waals surface area contributed by atoms with Gasteiger partial charge in [-0.2, -0.15) is 9.98 Å². The highest BCUT2D eigenvalue weighted by molar-refractivity contribution is 7.89. The molecule has 1 aromatic carbocycles. The number of benzene rings is 1. The number of primary sulfonamides is 1. The summed E-state index contributed by atoms with van der Waals surface area (Å²) in [5, 5.41) is 4.95. The first-order valence-electron chi connectivity index (χ1n) is 8.14. The van der Waals surface area contributed by atoms with Crippen molar-refractivity contribution < 1.29 is 26.7 Å². The number of dihydropyridines is 1. The first kappa shape index (κ1) is 18.5. The maximum Gasteiger partial charge on any atom is 0.314 e. The highest BCUT2D eigenvalue weighted by Gasteiger charge is 2.36.